The number of carbonyl (C=O) groups excluding carboxylic acids is 3. The van der Waals surface area contributed by atoms with E-state index in [4.69, 9.17) is 0 Å². The number of hydrogen-bond acceptors (Lipinski definition) is 4. The number of rotatable bonds is 3. The molecular formula is C23H22FN3O3. The van der Waals surface area contributed by atoms with E-state index in [-0.39, 0.29) is 42.0 Å². The third-order valence-corrected chi connectivity index (χ3v) is 6.62. The molecule has 0 radical (unpaired) electrons. The Balaban J connectivity index is 1.59. The highest BCUT2D eigenvalue weighted by molar-refractivity contribution is 6.15. The van der Waals surface area contributed by atoms with Crippen molar-refractivity contribution in [3.05, 3.63) is 65.5 Å². The van der Waals surface area contributed by atoms with E-state index in [9.17, 15) is 18.8 Å². The van der Waals surface area contributed by atoms with Gasteiger partial charge in [-0.25, -0.2) is 4.39 Å². The van der Waals surface area contributed by atoms with Crippen molar-refractivity contribution < 1.29 is 18.8 Å². The van der Waals surface area contributed by atoms with Gasteiger partial charge < -0.3 is 5.32 Å². The summed E-state index contributed by atoms with van der Waals surface area (Å²) >= 11 is 0. The van der Waals surface area contributed by atoms with Crippen LogP contribution in [0.15, 0.2) is 48.5 Å². The average Bonchev–Trinajstić information content (AvgIpc) is 3.31. The predicted molar refractivity (Wildman–Crippen MR) is 107 cm³/mol. The summed E-state index contributed by atoms with van der Waals surface area (Å²) < 4.78 is 13.3. The van der Waals surface area contributed by atoms with Crippen LogP contribution in [0.1, 0.15) is 25.0 Å². The normalized spacial score (nSPS) is 29.7. The van der Waals surface area contributed by atoms with Crippen molar-refractivity contribution in [1.82, 2.24) is 10.2 Å². The van der Waals surface area contributed by atoms with Crippen molar-refractivity contribution in [3.8, 4) is 0 Å². The zero-order valence-corrected chi connectivity index (χ0v) is 16.7. The van der Waals surface area contributed by atoms with Crippen LogP contribution in [0, 0.1) is 23.6 Å². The van der Waals surface area contributed by atoms with Crippen molar-refractivity contribution in [2.24, 2.45) is 17.8 Å². The molecule has 0 bridgehead atoms. The van der Waals surface area contributed by atoms with E-state index < -0.39 is 17.4 Å². The summed E-state index contributed by atoms with van der Waals surface area (Å²) in [5.41, 5.74) is 0.770. The van der Waals surface area contributed by atoms with Crippen LogP contribution in [0.4, 0.5) is 10.1 Å². The first kappa shape index (κ1) is 18.9. The molecule has 1 spiro atoms. The number of carbonyl (C=O) groups is 3. The van der Waals surface area contributed by atoms with Gasteiger partial charge in [-0.2, -0.15) is 0 Å². The van der Waals surface area contributed by atoms with Crippen LogP contribution in [0.5, 0.6) is 0 Å². The fourth-order valence-corrected chi connectivity index (χ4v) is 5.25. The summed E-state index contributed by atoms with van der Waals surface area (Å²) in [6.07, 6.45) is 0. The summed E-state index contributed by atoms with van der Waals surface area (Å²) in [7, 11) is 0. The standard InChI is InChI=1S/C23H22FN3O3/c1-12(2)19-17-18(23(26-19)15-5-3-4-6-16(15)25-22(23)30)21(29)27(20(17)28)11-13-7-9-14(24)10-8-13/h3-10,12,17-19,26H,11H2,1-2H3,(H,25,30)/t17-,18-,19?,23?/m1/s1. The van der Waals surface area contributed by atoms with E-state index >= 15 is 0 Å². The van der Waals surface area contributed by atoms with Gasteiger partial charge in [-0.15, -0.1) is 0 Å². The first-order valence-corrected chi connectivity index (χ1v) is 10.1. The van der Waals surface area contributed by atoms with E-state index in [1.54, 1.807) is 18.2 Å². The molecule has 6 nitrogen and oxygen atoms in total. The van der Waals surface area contributed by atoms with Crippen molar-refractivity contribution in [3.63, 3.8) is 0 Å². The zero-order valence-electron chi connectivity index (χ0n) is 16.7. The van der Waals surface area contributed by atoms with Crippen LogP contribution in [0.25, 0.3) is 0 Å². The minimum Gasteiger partial charge on any atom is -0.324 e. The highest BCUT2D eigenvalue weighted by Gasteiger charge is 2.70. The number of halogens is 1. The Hall–Kier alpha value is -3.06. The molecule has 30 heavy (non-hydrogen) atoms. The van der Waals surface area contributed by atoms with E-state index in [2.05, 4.69) is 10.6 Å². The molecule has 2 aromatic rings. The molecule has 2 aromatic carbocycles. The summed E-state index contributed by atoms with van der Waals surface area (Å²) in [4.78, 5) is 41.4. The lowest BCUT2D eigenvalue weighted by Crippen LogP contribution is -2.53. The van der Waals surface area contributed by atoms with Gasteiger partial charge in [-0.05, 0) is 29.7 Å². The van der Waals surface area contributed by atoms with Crippen molar-refractivity contribution in [2.45, 2.75) is 32.0 Å². The Labute approximate surface area is 173 Å². The number of benzene rings is 2. The number of amides is 3. The fraction of sp³-hybridized carbons (Fsp3) is 0.348. The number of para-hydroxylation sites is 1. The molecule has 2 N–H and O–H groups in total. The molecule has 3 amide bonds. The lowest BCUT2D eigenvalue weighted by molar-refractivity contribution is -0.143. The van der Waals surface area contributed by atoms with Gasteiger partial charge in [-0.1, -0.05) is 44.2 Å². The van der Waals surface area contributed by atoms with Gasteiger partial charge in [0, 0.05) is 17.3 Å². The van der Waals surface area contributed by atoms with E-state index in [1.165, 1.54) is 17.0 Å². The second-order valence-corrected chi connectivity index (χ2v) is 8.61. The monoisotopic (exact) mass is 407 g/mol. The van der Waals surface area contributed by atoms with Crippen LogP contribution in [-0.4, -0.2) is 28.7 Å². The second kappa shape index (κ2) is 6.47. The number of nitrogens with zero attached hydrogens (tertiary/aromatic N) is 1. The second-order valence-electron chi connectivity index (χ2n) is 8.61. The lowest BCUT2D eigenvalue weighted by Gasteiger charge is -2.30. The largest absolute Gasteiger partial charge is 0.324 e. The number of imide groups is 1. The highest BCUT2D eigenvalue weighted by Crippen LogP contribution is 2.53. The third kappa shape index (κ3) is 2.41. The molecule has 2 unspecified atom stereocenters. The van der Waals surface area contributed by atoms with Gasteiger partial charge >= 0.3 is 0 Å². The third-order valence-electron chi connectivity index (χ3n) is 6.62. The first-order chi connectivity index (χ1) is 14.3. The average molecular weight is 407 g/mol. The molecule has 154 valence electrons. The maximum atomic E-state index is 13.6. The van der Waals surface area contributed by atoms with Crippen molar-refractivity contribution in [1.29, 1.82) is 0 Å². The molecule has 5 rings (SSSR count). The van der Waals surface area contributed by atoms with Crippen LogP contribution >= 0.6 is 0 Å². The molecule has 2 saturated heterocycles. The molecule has 0 aromatic heterocycles. The van der Waals surface area contributed by atoms with Crippen LogP contribution in [0.2, 0.25) is 0 Å². The molecule has 3 aliphatic rings. The lowest BCUT2D eigenvalue weighted by atomic mass is 9.76. The maximum Gasteiger partial charge on any atom is 0.250 e. The Bertz CT molecular complexity index is 1070. The van der Waals surface area contributed by atoms with E-state index in [0.717, 1.165) is 0 Å². The smallest absolute Gasteiger partial charge is 0.250 e. The van der Waals surface area contributed by atoms with Gasteiger partial charge in [0.15, 0.2) is 0 Å². The van der Waals surface area contributed by atoms with Crippen LogP contribution in [-0.2, 0) is 26.5 Å². The highest BCUT2D eigenvalue weighted by atomic mass is 19.1. The van der Waals surface area contributed by atoms with Gasteiger partial charge in [0.1, 0.15) is 11.4 Å². The van der Waals surface area contributed by atoms with Crippen LogP contribution in [0.3, 0.4) is 0 Å². The number of likely N-dealkylation sites (tertiary alicyclic amines) is 1. The number of nitrogens with one attached hydrogen (secondary N) is 2. The molecule has 3 heterocycles. The minimum absolute atomic E-state index is 0.0416. The predicted octanol–water partition coefficient (Wildman–Crippen LogP) is 2.40. The summed E-state index contributed by atoms with van der Waals surface area (Å²) in [6, 6.07) is 12.7. The van der Waals surface area contributed by atoms with E-state index in [1.807, 2.05) is 32.0 Å². The molecule has 7 heteroatoms. The van der Waals surface area contributed by atoms with Gasteiger partial charge in [0.25, 0.3) is 0 Å². The first-order valence-electron chi connectivity index (χ1n) is 10.1. The summed E-state index contributed by atoms with van der Waals surface area (Å²) in [6.45, 7) is 4.02. The molecule has 0 saturated carbocycles. The topological polar surface area (TPSA) is 78.5 Å². The summed E-state index contributed by atoms with van der Waals surface area (Å²) in [5, 5.41) is 6.28. The summed E-state index contributed by atoms with van der Waals surface area (Å²) in [5.74, 6) is -2.73. The molecule has 4 atom stereocenters. The Morgan fingerprint density at radius 3 is 2.43 bits per heavy atom. The van der Waals surface area contributed by atoms with Gasteiger partial charge in [0.2, 0.25) is 17.7 Å². The van der Waals surface area contributed by atoms with Gasteiger partial charge in [0.05, 0.1) is 18.4 Å². The minimum atomic E-state index is -1.26. The van der Waals surface area contributed by atoms with Crippen LogP contribution < -0.4 is 10.6 Å². The Morgan fingerprint density at radius 1 is 1.03 bits per heavy atom. The molecule has 0 aliphatic carbocycles. The fourth-order valence-electron chi connectivity index (χ4n) is 5.25. The zero-order chi connectivity index (χ0) is 21.2. The number of hydrogen-bond donors (Lipinski definition) is 2. The van der Waals surface area contributed by atoms with Gasteiger partial charge in [-0.3, -0.25) is 24.6 Å². The quantitative estimate of drug-likeness (QED) is 0.766. The van der Waals surface area contributed by atoms with Crippen molar-refractivity contribution in [2.75, 3.05) is 5.32 Å². The number of fused-ring (bicyclic) bond motifs is 4. The Morgan fingerprint density at radius 2 is 1.73 bits per heavy atom. The SMILES string of the molecule is CC(C)C1NC2(C(=O)Nc3ccccc32)[C@H]2C(=O)N(Cc3ccc(F)cc3)C(=O)[C@@H]12. The molecular weight excluding hydrogens is 385 g/mol. The maximum absolute atomic E-state index is 13.6. The number of anilines is 1. The van der Waals surface area contributed by atoms with Crippen molar-refractivity contribution >= 4 is 23.4 Å². The van der Waals surface area contributed by atoms with E-state index in [0.29, 0.717) is 16.8 Å². The molecule has 3 aliphatic heterocycles. The Kier molecular flexibility index (Phi) is 4.08. The molecule has 2 fully saturated rings.